The molecule has 1 aromatic carbocycles. The molecule has 1 aliphatic heterocycles. The number of anilines is 2. The number of halogens is 1. The van der Waals surface area contributed by atoms with Crippen LogP contribution in [0.25, 0.3) is 0 Å². The van der Waals surface area contributed by atoms with Gasteiger partial charge in [0.2, 0.25) is 5.91 Å². The zero-order chi connectivity index (χ0) is 17.9. The Balaban J connectivity index is 0.00000243. The van der Waals surface area contributed by atoms with Crippen LogP contribution >= 0.6 is 23.7 Å². The number of thiazole rings is 1. The summed E-state index contributed by atoms with van der Waals surface area (Å²) in [5.74, 6) is -0.349. The smallest absolute Gasteiger partial charge is 0.263 e. The van der Waals surface area contributed by atoms with E-state index in [1.807, 2.05) is 0 Å². The van der Waals surface area contributed by atoms with Crippen molar-refractivity contribution < 1.29 is 17.9 Å². The monoisotopic (exact) mass is 418 g/mol. The van der Waals surface area contributed by atoms with Crippen LogP contribution in [0, 0.1) is 0 Å². The van der Waals surface area contributed by atoms with Gasteiger partial charge in [-0.2, -0.15) is 0 Å². The van der Waals surface area contributed by atoms with Gasteiger partial charge in [-0.15, -0.1) is 23.7 Å². The summed E-state index contributed by atoms with van der Waals surface area (Å²) in [7, 11) is -3.79. The number of ether oxygens (including phenoxy) is 1. The Kier molecular flexibility index (Phi) is 6.58. The molecular formula is C15H19ClN4O4S2. The summed E-state index contributed by atoms with van der Waals surface area (Å²) in [5, 5.41) is 4.64. The van der Waals surface area contributed by atoms with Crippen LogP contribution in [0.2, 0.25) is 0 Å². The van der Waals surface area contributed by atoms with Crippen LogP contribution < -0.4 is 15.8 Å². The van der Waals surface area contributed by atoms with Gasteiger partial charge in [0, 0.05) is 30.5 Å². The first-order valence-corrected chi connectivity index (χ1v) is 9.96. The van der Waals surface area contributed by atoms with E-state index in [4.69, 9.17) is 10.5 Å². The van der Waals surface area contributed by atoms with Crippen molar-refractivity contribution >= 4 is 50.5 Å². The molecule has 1 aromatic heterocycles. The predicted octanol–water partition coefficient (Wildman–Crippen LogP) is 1.81. The fourth-order valence-corrected chi connectivity index (χ4v) is 4.24. The molecule has 26 heavy (non-hydrogen) atoms. The van der Waals surface area contributed by atoms with E-state index in [2.05, 4.69) is 15.0 Å². The van der Waals surface area contributed by atoms with E-state index in [0.29, 0.717) is 31.7 Å². The highest BCUT2D eigenvalue weighted by Crippen LogP contribution is 2.23. The van der Waals surface area contributed by atoms with Crippen molar-refractivity contribution in [2.45, 2.75) is 23.3 Å². The maximum absolute atomic E-state index is 12.4. The highest BCUT2D eigenvalue weighted by molar-refractivity contribution is 7.93. The Hall–Kier alpha value is -1.72. The fraction of sp³-hybridized carbons (Fsp3) is 0.333. The Morgan fingerprint density at radius 2 is 2.04 bits per heavy atom. The van der Waals surface area contributed by atoms with Gasteiger partial charge in [-0.25, -0.2) is 13.4 Å². The second-order valence-electron chi connectivity index (χ2n) is 5.69. The molecule has 1 aliphatic rings. The minimum Gasteiger partial charge on any atom is -0.381 e. The fourth-order valence-electron chi connectivity index (χ4n) is 2.41. The number of sulfonamides is 1. The number of rotatable bonds is 5. The third kappa shape index (κ3) is 4.71. The average Bonchev–Trinajstić information content (AvgIpc) is 3.08. The van der Waals surface area contributed by atoms with Crippen LogP contribution in [0.15, 0.2) is 40.7 Å². The lowest BCUT2D eigenvalue weighted by atomic mass is 9.90. The number of nitrogens with zero attached hydrogens (tertiary/aromatic N) is 1. The number of carbonyl (C=O) groups is 1. The first-order chi connectivity index (χ1) is 11.9. The summed E-state index contributed by atoms with van der Waals surface area (Å²) in [6.45, 7) is 0.853. The van der Waals surface area contributed by atoms with E-state index in [9.17, 15) is 13.2 Å². The number of benzene rings is 1. The number of hydrogen-bond donors (Lipinski definition) is 3. The Bertz CT molecular complexity index is 852. The Morgan fingerprint density at radius 1 is 1.31 bits per heavy atom. The first kappa shape index (κ1) is 20.6. The summed E-state index contributed by atoms with van der Waals surface area (Å²) >= 11 is 1.18. The quantitative estimate of drug-likeness (QED) is 0.680. The van der Waals surface area contributed by atoms with Gasteiger partial charge in [0.05, 0.1) is 4.90 Å². The van der Waals surface area contributed by atoms with Gasteiger partial charge in [-0.3, -0.25) is 9.52 Å². The summed E-state index contributed by atoms with van der Waals surface area (Å²) in [5.41, 5.74) is 5.49. The third-order valence-corrected chi connectivity index (χ3v) is 6.05. The summed E-state index contributed by atoms with van der Waals surface area (Å²) in [6, 6.07) is 6.00. The lowest BCUT2D eigenvalue weighted by Crippen LogP contribution is -2.54. The molecule has 4 N–H and O–H groups in total. The molecule has 142 valence electrons. The summed E-state index contributed by atoms with van der Waals surface area (Å²) in [4.78, 5) is 16.4. The maximum Gasteiger partial charge on any atom is 0.263 e. The van der Waals surface area contributed by atoms with Crippen molar-refractivity contribution in [3.63, 3.8) is 0 Å². The molecule has 1 amide bonds. The van der Waals surface area contributed by atoms with Crippen molar-refractivity contribution in [2.24, 2.45) is 5.73 Å². The van der Waals surface area contributed by atoms with Gasteiger partial charge in [-0.1, -0.05) is 6.07 Å². The molecule has 3 rings (SSSR count). The molecule has 0 bridgehead atoms. The lowest BCUT2D eigenvalue weighted by Gasteiger charge is -2.31. The van der Waals surface area contributed by atoms with E-state index in [1.54, 1.807) is 17.5 Å². The van der Waals surface area contributed by atoms with Crippen LogP contribution in [0.5, 0.6) is 0 Å². The second kappa shape index (κ2) is 8.31. The number of hydrogen-bond acceptors (Lipinski definition) is 7. The minimum absolute atomic E-state index is 0. The van der Waals surface area contributed by atoms with Crippen molar-refractivity contribution in [3.05, 3.63) is 35.8 Å². The molecule has 0 atom stereocenters. The molecule has 0 radical (unpaired) electrons. The molecule has 8 nitrogen and oxygen atoms in total. The highest BCUT2D eigenvalue weighted by Gasteiger charge is 2.36. The summed E-state index contributed by atoms with van der Waals surface area (Å²) < 4.78 is 32.4. The molecule has 2 aromatic rings. The number of amides is 1. The van der Waals surface area contributed by atoms with Gasteiger partial charge in [0.15, 0.2) is 5.13 Å². The topological polar surface area (TPSA) is 123 Å². The number of aromatic nitrogens is 1. The number of nitrogens with one attached hydrogen (secondary N) is 2. The van der Waals surface area contributed by atoms with E-state index in [-0.39, 0.29) is 28.3 Å². The number of nitrogens with two attached hydrogens (primary N) is 1. The molecule has 0 spiro atoms. The normalized spacial score (nSPS) is 16.3. The van der Waals surface area contributed by atoms with Crippen LogP contribution in [0.4, 0.5) is 10.8 Å². The Labute approximate surface area is 161 Å². The summed E-state index contributed by atoms with van der Waals surface area (Å²) in [6.07, 6.45) is 2.35. The SMILES string of the molecule is Cl.NC1(C(=O)Nc2cccc(S(=O)(=O)Nc3nccs3)c2)CCOCC1. The van der Waals surface area contributed by atoms with Crippen molar-refractivity contribution in [1.82, 2.24) is 4.98 Å². The van der Waals surface area contributed by atoms with Gasteiger partial charge < -0.3 is 15.8 Å². The minimum atomic E-state index is -3.79. The third-order valence-electron chi connectivity index (χ3n) is 3.89. The van der Waals surface area contributed by atoms with Gasteiger partial charge >= 0.3 is 0 Å². The van der Waals surface area contributed by atoms with Crippen molar-refractivity contribution in [1.29, 1.82) is 0 Å². The largest absolute Gasteiger partial charge is 0.381 e. The van der Waals surface area contributed by atoms with E-state index in [0.717, 1.165) is 0 Å². The molecule has 11 heteroatoms. The van der Waals surface area contributed by atoms with Crippen molar-refractivity contribution in [2.75, 3.05) is 23.3 Å². The second-order valence-corrected chi connectivity index (χ2v) is 8.27. The van der Waals surface area contributed by atoms with E-state index >= 15 is 0 Å². The average molecular weight is 419 g/mol. The van der Waals surface area contributed by atoms with Crippen LogP contribution in [0.1, 0.15) is 12.8 Å². The van der Waals surface area contributed by atoms with Gasteiger partial charge in [0.1, 0.15) is 5.54 Å². The van der Waals surface area contributed by atoms with Crippen LogP contribution in [-0.2, 0) is 19.6 Å². The molecule has 0 unspecified atom stereocenters. The van der Waals surface area contributed by atoms with Crippen LogP contribution in [0.3, 0.4) is 0 Å². The molecule has 0 saturated carbocycles. The van der Waals surface area contributed by atoms with Gasteiger partial charge in [-0.05, 0) is 31.0 Å². The predicted molar refractivity (Wildman–Crippen MR) is 102 cm³/mol. The van der Waals surface area contributed by atoms with E-state index < -0.39 is 15.6 Å². The lowest BCUT2D eigenvalue weighted by molar-refractivity contribution is -0.124. The van der Waals surface area contributed by atoms with Gasteiger partial charge in [0.25, 0.3) is 10.0 Å². The highest BCUT2D eigenvalue weighted by atomic mass is 35.5. The molecule has 0 aliphatic carbocycles. The molecule has 1 saturated heterocycles. The molecular weight excluding hydrogens is 400 g/mol. The standard InChI is InChI=1S/C15H18N4O4S2.ClH/c16-15(4-7-23-8-5-15)13(20)18-11-2-1-3-12(10-11)25(21,22)19-14-17-6-9-24-14;/h1-3,6,9-10H,4-5,7-8,16H2,(H,17,19)(H,18,20);1H. The molecule has 2 heterocycles. The maximum atomic E-state index is 12.4. The van der Waals surface area contributed by atoms with E-state index in [1.165, 1.54) is 29.7 Å². The van der Waals surface area contributed by atoms with Crippen LogP contribution in [-0.4, -0.2) is 38.1 Å². The van der Waals surface area contributed by atoms with Crippen molar-refractivity contribution in [3.8, 4) is 0 Å². The zero-order valence-corrected chi connectivity index (χ0v) is 16.1. The Morgan fingerprint density at radius 3 is 2.69 bits per heavy atom. The zero-order valence-electron chi connectivity index (χ0n) is 13.7. The first-order valence-electron chi connectivity index (χ1n) is 7.60. The molecule has 1 fully saturated rings. The number of carbonyl (C=O) groups excluding carboxylic acids is 1.